The normalized spacial score (nSPS) is 19.6. The van der Waals surface area contributed by atoms with Crippen LogP contribution in [0.1, 0.15) is 131 Å². The standard InChI is InChI=1S/C50H72N8O14/c1-47(2,3)69-37(59)21-33-41(63)51-25-29-13-15-30(16-14-29)27-53-43(65)35(23-39(61)71-49(7,8)9)57-46(68)58-36(24-40(62)72-50(10,11)12)44(66)54-28-32-19-17-31(18-20-32)26-52-42(64)34(56-45(67)55-33)22-38(60)70-48(4,5)6/h13-20,33-36H,21-28H2,1-12H3,(H,51,63)(H,52,64)(H,53,65)(H,54,66)(H2,55,56,67)(H2,57,58,68)/t33-,34-,35-,36-/m0/s1. The van der Waals surface area contributed by atoms with Gasteiger partial charge in [0, 0.05) is 26.2 Å². The van der Waals surface area contributed by atoms with Crippen LogP contribution in [0.4, 0.5) is 9.59 Å². The first-order valence-electron chi connectivity index (χ1n) is 23.5. The lowest BCUT2D eigenvalue weighted by atomic mass is 10.1. The fourth-order valence-electron chi connectivity index (χ4n) is 6.55. The van der Waals surface area contributed by atoms with Crippen LogP contribution in [-0.2, 0) is 83.5 Å². The van der Waals surface area contributed by atoms with Crippen molar-refractivity contribution in [1.29, 1.82) is 0 Å². The zero-order valence-electron chi connectivity index (χ0n) is 43.3. The lowest BCUT2D eigenvalue weighted by Crippen LogP contribution is -2.56. The number of urea groups is 2. The Bertz CT molecular complexity index is 1960. The monoisotopic (exact) mass is 1010 g/mol. The molecule has 4 atom stereocenters. The summed E-state index contributed by atoms with van der Waals surface area (Å²) in [7, 11) is 0. The van der Waals surface area contributed by atoms with Gasteiger partial charge in [0.25, 0.3) is 0 Å². The SMILES string of the molecule is CC(C)(C)OC(=O)C[C@@H]1NC(=O)N[C@@H](CC(=O)OC(C)(C)C)C(=O)NCc2ccc(cc2)CNC(=O)[C@H](CC(=O)OC(C)(C)C)NC(=O)N[C@@H](CC(=O)OC(C)(C)C)C(=O)NCc2ccc(cc2)CNC1=O. The third-order valence-electron chi connectivity index (χ3n) is 9.56. The van der Waals surface area contributed by atoms with Crippen LogP contribution in [0, 0.1) is 0 Å². The van der Waals surface area contributed by atoms with E-state index in [0.717, 1.165) is 0 Å². The van der Waals surface area contributed by atoms with Gasteiger partial charge in [0.15, 0.2) is 0 Å². The largest absolute Gasteiger partial charge is 0.460 e. The molecule has 4 heterocycles. The summed E-state index contributed by atoms with van der Waals surface area (Å²) in [5, 5.41) is 20.4. The maximum Gasteiger partial charge on any atom is 0.316 e. The van der Waals surface area contributed by atoms with Crippen molar-refractivity contribution in [3.63, 3.8) is 0 Å². The van der Waals surface area contributed by atoms with Crippen LogP contribution in [0.5, 0.6) is 0 Å². The number of hydrogen-bond donors (Lipinski definition) is 8. The molecule has 0 saturated carbocycles. The van der Waals surface area contributed by atoms with Crippen molar-refractivity contribution < 1.29 is 66.9 Å². The van der Waals surface area contributed by atoms with Crippen molar-refractivity contribution in [2.24, 2.45) is 0 Å². The number of nitrogens with one attached hydrogen (secondary N) is 8. The van der Waals surface area contributed by atoms with Crippen LogP contribution >= 0.6 is 0 Å². The van der Waals surface area contributed by atoms with Gasteiger partial charge < -0.3 is 61.5 Å². The van der Waals surface area contributed by atoms with Crippen LogP contribution in [0.15, 0.2) is 48.5 Å². The van der Waals surface area contributed by atoms with Gasteiger partial charge in [0.2, 0.25) is 23.6 Å². The first-order chi connectivity index (χ1) is 33.2. The van der Waals surface area contributed by atoms with E-state index in [4.69, 9.17) is 18.9 Å². The fraction of sp³-hybridized carbons (Fsp3) is 0.560. The second-order valence-electron chi connectivity index (χ2n) is 21.1. The minimum atomic E-state index is -1.51. The van der Waals surface area contributed by atoms with Gasteiger partial charge in [-0.25, -0.2) is 9.59 Å². The maximum atomic E-state index is 13.7. The Morgan fingerprint density at radius 3 is 0.681 bits per heavy atom. The number of carbonyl (C=O) groups is 10. The number of carbonyl (C=O) groups excluding carboxylic acids is 10. The van der Waals surface area contributed by atoms with Crippen molar-refractivity contribution in [3.8, 4) is 0 Å². The van der Waals surface area contributed by atoms with E-state index in [1.807, 2.05) is 0 Å². The van der Waals surface area contributed by atoms with Crippen LogP contribution in [0.2, 0.25) is 0 Å². The number of hydrogen-bond acceptors (Lipinski definition) is 14. The van der Waals surface area contributed by atoms with E-state index in [1.54, 1.807) is 132 Å². The average Bonchev–Trinajstić information content (AvgIpc) is 3.22. The third kappa shape index (κ3) is 23.6. The van der Waals surface area contributed by atoms with Gasteiger partial charge in [0.05, 0.1) is 25.7 Å². The third-order valence-corrected chi connectivity index (χ3v) is 9.56. The van der Waals surface area contributed by atoms with E-state index in [1.165, 1.54) is 0 Å². The molecule has 22 nitrogen and oxygen atoms in total. The molecule has 0 radical (unpaired) electrons. The Kier molecular flexibility index (Phi) is 21.1. The smallest absolute Gasteiger partial charge is 0.316 e. The molecule has 8 N–H and O–H groups in total. The van der Waals surface area contributed by atoms with Crippen LogP contribution in [0.25, 0.3) is 0 Å². The van der Waals surface area contributed by atoms with E-state index in [2.05, 4.69) is 42.5 Å². The minimum absolute atomic E-state index is 0.0891. The first-order valence-corrected chi connectivity index (χ1v) is 23.5. The lowest BCUT2D eigenvalue weighted by molar-refractivity contribution is -0.157. The molecule has 2 aromatic carbocycles. The molecule has 2 aromatic rings. The molecule has 396 valence electrons. The molecule has 8 amide bonds. The quantitative estimate of drug-likeness (QED) is 0.139. The Balaban J connectivity index is 2.01. The number of esters is 4. The number of benzene rings is 2. The van der Waals surface area contributed by atoms with Crippen LogP contribution < -0.4 is 42.5 Å². The van der Waals surface area contributed by atoms with Crippen LogP contribution in [-0.4, -0.2) is 106 Å². The molecule has 72 heavy (non-hydrogen) atoms. The van der Waals surface area contributed by atoms with Crippen molar-refractivity contribution in [1.82, 2.24) is 42.5 Å². The molecule has 4 aliphatic heterocycles. The Morgan fingerprint density at radius 2 is 0.528 bits per heavy atom. The highest BCUT2D eigenvalue weighted by molar-refractivity contribution is 5.95. The van der Waals surface area contributed by atoms with Crippen molar-refractivity contribution in [3.05, 3.63) is 70.8 Å². The molecule has 0 unspecified atom stereocenters. The van der Waals surface area contributed by atoms with Gasteiger partial charge in [-0.1, -0.05) is 48.5 Å². The van der Waals surface area contributed by atoms with Gasteiger partial charge in [-0.3, -0.25) is 38.4 Å². The van der Waals surface area contributed by atoms with E-state index in [9.17, 15) is 47.9 Å². The summed E-state index contributed by atoms with van der Waals surface area (Å²) in [6, 6.07) is 4.93. The van der Waals surface area contributed by atoms with E-state index < -0.39 is 132 Å². The molecule has 0 spiro atoms. The number of rotatable bonds is 8. The topological polar surface area (TPSA) is 304 Å². The summed E-state index contributed by atoms with van der Waals surface area (Å²) in [4.78, 5) is 134. The molecule has 0 fully saturated rings. The molecule has 0 saturated heterocycles. The predicted molar refractivity (Wildman–Crippen MR) is 261 cm³/mol. The average molecular weight is 1010 g/mol. The zero-order chi connectivity index (χ0) is 54.2. The highest BCUT2D eigenvalue weighted by Gasteiger charge is 2.33. The number of ether oxygens (including phenoxy) is 4. The molecule has 0 aliphatic carbocycles. The first kappa shape index (κ1) is 59.1. The molecule has 4 bridgehead atoms. The molecule has 6 rings (SSSR count). The zero-order valence-corrected chi connectivity index (χ0v) is 43.3. The Morgan fingerprint density at radius 1 is 0.361 bits per heavy atom. The maximum absolute atomic E-state index is 13.7. The van der Waals surface area contributed by atoms with Gasteiger partial charge in [-0.2, -0.15) is 0 Å². The van der Waals surface area contributed by atoms with Crippen molar-refractivity contribution >= 4 is 59.6 Å². The van der Waals surface area contributed by atoms with Gasteiger partial charge in [-0.05, 0) is 105 Å². The predicted octanol–water partition coefficient (Wildman–Crippen LogP) is 2.87. The highest BCUT2D eigenvalue weighted by Crippen LogP contribution is 2.15. The van der Waals surface area contributed by atoms with Gasteiger partial charge in [0.1, 0.15) is 46.6 Å². The molecular weight excluding hydrogens is 937 g/mol. The van der Waals surface area contributed by atoms with Gasteiger partial charge in [-0.15, -0.1) is 0 Å². The molecule has 0 aromatic heterocycles. The fourth-order valence-corrected chi connectivity index (χ4v) is 6.55. The lowest BCUT2D eigenvalue weighted by Gasteiger charge is -2.25. The highest BCUT2D eigenvalue weighted by atomic mass is 16.6. The molecule has 4 aliphatic rings. The van der Waals surface area contributed by atoms with E-state index in [-0.39, 0.29) is 26.2 Å². The summed E-state index contributed by atoms with van der Waals surface area (Å²) in [6.45, 7) is 19.2. The summed E-state index contributed by atoms with van der Waals surface area (Å²) in [5.41, 5.74) is -1.47. The van der Waals surface area contributed by atoms with E-state index >= 15 is 0 Å². The van der Waals surface area contributed by atoms with Crippen molar-refractivity contribution in [2.45, 2.75) is 182 Å². The van der Waals surface area contributed by atoms with Gasteiger partial charge >= 0.3 is 35.9 Å². The summed E-state index contributed by atoms with van der Waals surface area (Å²) < 4.78 is 21.7. The Labute approximate surface area is 420 Å². The molecular formula is C50H72N8O14. The molecule has 22 heteroatoms. The number of amides is 8. The summed E-state index contributed by atoms with van der Waals surface area (Å²) in [6.07, 6.45) is -2.41. The minimum Gasteiger partial charge on any atom is -0.460 e. The second-order valence-corrected chi connectivity index (χ2v) is 21.1. The van der Waals surface area contributed by atoms with E-state index in [0.29, 0.717) is 22.3 Å². The summed E-state index contributed by atoms with van der Waals surface area (Å²) in [5.74, 6) is -6.38. The van der Waals surface area contributed by atoms with Crippen LogP contribution in [0.3, 0.4) is 0 Å². The van der Waals surface area contributed by atoms with Crippen molar-refractivity contribution in [2.75, 3.05) is 0 Å². The second kappa shape index (κ2) is 25.7. The summed E-state index contributed by atoms with van der Waals surface area (Å²) >= 11 is 0. The Hall–Kier alpha value is -7.26.